The van der Waals surface area contributed by atoms with Crippen LogP contribution in [0.15, 0.2) is 22.7 Å². The topological polar surface area (TPSA) is 12.0 Å². The Labute approximate surface area is 138 Å². The highest BCUT2D eigenvalue weighted by molar-refractivity contribution is 9.10. The molecule has 2 aromatic rings. The Morgan fingerprint density at radius 2 is 2.05 bits per heavy atom. The fourth-order valence-electron chi connectivity index (χ4n) is 1.92. The molecule has 7 heteroatoms. The van der Waals surface area contributed by atoms with E-state index in [4.69, 9.17) is 23.2 Å². The Morgan fingerprint density at radius 3 is 2.60 bits per heavy atom. The third-order valence-corrected chi connectivity index (χ3v) is 5.08. The fraction of sp³-hybridized carbons (Fsp3) is 0.231. The van der Waals surface area contributed by atoms with Crippen LogP contribution in [0.5, 0.6) is 0 Å². The summed E-state index contributed by atoms with van der Waals surface area (Å²) in [5.74, 6) is -1.17. The fourth-order valence-corrected chi connectivity index (χ4v) is 3.87. The molecule has 1 aromatic carbocycles. The number of hydrogen-bond donors (Lipinski definition) is 1. The SMILES string of the molecule is CNC(Cc1c(F)ccc(Br)c1F)c1cc(Cl)sc1Cl. The molecule has 108 valence electrons. The maximum atomic E-state index is 14.0. The van der Waals surface area contributed by atoms with Crippen molar-refractivity contribution in [3.63, 3.8) is 0 Å². The third-order valence-electron chi connectivity index (χ3n) is 2.95. The molecule has 1 aromatic heterocycles. The van der Waals surface area contributed by atoms with Crippen molar-refractivity contribution in [1.29, 1.82) is 0 Å². The molecule has 0 amide bonds. The Balaban J connectivity index is 2.36. The van der Waals surface area contributed by atoms with Crippen molar-refractivity contribution in [3.8, 4) is 0 Å². The Kier molecular flexibility index (Phi) is 5.42. The molecule has 0 aliphatic heterocycles. The van der Waals surface area contributed by atoms with Gasteiger partial charge in [0.05, 0.1) is 13.1 Å². The highest BCUT2D eigenvalue weighted by atomic mass is 79.9. The van der Waals surface area contributed by atoms with Crippen LogP contribution in [0.2, 0.25) is 8.67 Å². The molecule has 2 rings (SSSR count). The van der Waals surface area contributed by atoms with Gasteiger partial charge in [0.2, 0.25) is 0 Å². The zero-order chi connectivity index (χ0) is 14.9. The summed E-state index contributed by atoms with van der Waals surface area (Å²) in [6.07, 6.45) is 0.139. The van der Waals surface area contributed by atoms with E-state index in [9.17, 15) is 8.78 Å². The number of rotatable bonds is 4. The lowest BCUT2D eigenvalue weighted by Gasteiger charge is -2.17. The van der Waals surface area contributed by atoms with Gasteiger partial charge in [-0.25, -0.2) is 8.78 Å². The summed E-state index contributed by atoms with van der Waals surface area (Å²) in [6, 6.07) is 3.97. The number of hydrogen-bond acceptors (Lipinski definition) is 2. The zero-order valence-corrected chi connectivity index (χ0v) is 14.2. The molecule has 1 atom stereocenters. The van der Waals surface area contributed by atoms with Gasteiger partial charge in [-0.15, -0.1) is 11.3 Å². The van der Waals surface area contributed by atoms with Crippen LogP contribution in [0.25, 0.3) is 0 Å². The second-order valence-electron chi connectivity index (χ2n) is 4.15. The van der Waals surface area contributed by atoms with Crippen molar-refractivity contribution in [2.75, 3.05) is 7.05 Å². The predicted molar refractivity (Wildman–Crippen MR) is 83.9 cm³/mol. The monoisotopic (exact) mass is 399 g/mol. The largest absolute Gasteiger partial charge is 0.313 e. The average molecular weight is 401 g/mol. The molecule has 1 heterocycles. The van der Waals surface area contributed by atoms with Gasteiger partial charge in [-0.1, -0.05) is 23.2 Å². The molecule has 0 aliphatic rings. The van der Waals surface area contributed by atoms with Gasteiger partial charge in [0.15, 0.2) is 0 Å². The van der Waals surface area contributed by atoms with E-state index in [1.807, 2.05) is 0 Å². The van der Waals surface area contributed by atoms with Gasteiger partial charge in [0.25, 0.3) is 0 Å². The average Bonchev–Trinajstić information content (AvgIpc) is 2.74. The van der Waals surface area contributed by atoms with Gasteiger partial charge < -0.3 is 5.32 Å². The lowest BCUT2D eigenvalue weighted by atomic mass is 10.0. The van der Waals surface area contributed by atoms with E-state index in [1.165, 1.54) is 23.5 Å². The number of nitrogens with one attached hydrogen (secondary N) is 1. The Hall–Kier alpha value is -0.200. The lowest BCUT2D eigenvalue weighted by molar-refractivity contribution is 0.513. The summed E-state index contributed by atoms with van der Waals surface area (Å²) in [6.45, 7) is 0. The molecule has 0 saturated carbocycles. The van der Waals surface area contributed by atoms with Gasteiger partial charge in [-0.05, 0) is 47.6 Å². The van der Waals surface area contributed by atoms with E-state index < -0.39 is 11.6 Å². The smallest absolute Gasteiger partial charge is 0.143 e. The highest BCUT2D eigenvalue weighted by Crippen LogP contribution is 2.37. The van der Waals surface area contributed by atoms with Crippen LogP contribution in [0, 0.1) is 11.6 Å². The highest BCUT2D eigenvalue weighted by Gasteiger charge is 2.21. The predicted octanol–water partition coefficient (Wildman–Crippen LogP) is 5.60. The van der Waals surface area contributed by atoms with E-state index in [0.717, 1.165) is 5.56 Å². The third kappa shape index (κ3) is 3.34. The number of halogens is 5. The summed E-state index contributed by atoms with van der Waals surface area (Å²) in [5, 5.41) is 3.01. The molecule has 1 unspecified atom stereocenters. The minimum atomic E-state index is -0.595. The van der Waals surface area contributed by atoms with E-state index in [0.29, 0.717) is 8.67 Å². The van der Waals surface area contributed by atoms with E-state index in [2.05, 4.69) is 21.2 Å². The standard InChI is InChI=1S/C13H10BrCl2F2NS/c1-19-10(7-5-11(15)20-13(7)16)4-6-9(17)3-2-8(14)12(6)18/h2-3,5,10,19H,4H2,1H3. The minimum absolute atomic E-state index is 0.0112. The molecule has 0 bridgehead atoms. The van der Waals surface area contributed by atoms with Gasteiger partial charge in [-0.2, -0.15) is 0 Å². The van der Waals surface area contributed by atoms with Crippen molar-refractivity contribution in [2.45, 2.75) is 12.5 Å². The van der Waals surface area contributed by atoms with Gasteiger partial charge >= 0.3 is 0 Å². The van der Waals surface area contributed by atoms with E-state index in [-0.39, 0.29) is 22.5 Å². The molecule has 0 fully saturated rings. The van der Waals surface area contributed by atoms with Crippen LogP contribution < -0.4 is 5.32 Å². The molecule has 1 nitrogen and oxygen atoms in total. The molecule has 20 heavy (non-hydrogen) atoms. The minimum Gasteiger partial charge on any atom is -0.313 e. The normalized spacial score (nSPS) is 12.7. The molecule has 0 spiro atoms. The molecule has 0 radical (unpaired) electrons. The van der Waals surface area contributed by atoms with Gasteiger partial charge in [0, 0.05) is 17.2 Å². The quantitative estimate of drug-likeness (QED) is 0.658. The Bertz CT molecular complexity index is 633. The molecule has 0 aliphatic carbocycles. The first-order valence-corrected chi connectivity index (χ1v) is 8.05. The van der Waals surface area contributed by atoms with Crippen molar-refractivity contribution >= 4 is 50.5 Å². The molecule has 1 N–H and O–H groups in total. The van der Waals surface area contributed by atoms with Crippen molar-refractivity contribution < 1.29 is 8.78 Å². The number of thiophene rings is 1. The number of benzene rings is 1. The van der Waals surface area contributed by atoms with E-state index >= 15 is 0 Å². The van der Waals surface area contributed by atoms with Crippen LogP contribution in [0.4, 0.5) is 8.78 Å². The van der Waals surface area contributed by atoms with Crippen molar-refractivity contribution in [2.24, 2.45) is 0 Å². The second kappa shape index (κ2) is 6.71. The molecular formula is C13H10BrCl2F2NS. The second-order valence-corrected chi connectivity index (χ2v) is 7.29. The van der Waals surface area contributed by atoms with Gasteiger partial charge in [0.1, 0.15) is 11.6 Å². The summed E-state index contributed by atoms with van der Waals surface area (Å²) >= 11 is 16.3. The first-order chi connectivity index (χ1) is 9.43. The first kappa shape index (κ1) is 16.2. The first-order valence-electron chi connectivity index (χ1n) is 5.68. The maximum absolute atomic E-state index is 14.0. The zero-order valence-electron chi connectivity index (χ0n) is 10.3. The lowest BCUT2D eigenvalue weighted by Crippen LogP contribution is -2.20. The molecule has 0 saturated heterocycles. The summed E-state index contributed by atoms with van der Waals surface area (Å²) in [4.78, 5) is 0. The Morgan fingerprint density at radius 1 is 1.35 bits per heavy atom. The summed E-state index contributed by atoms with van der Waals surface area (Å²) in [5.41, 5.74) is 0.750. The van der Waals surface area contributed by atoms with Crippen LogP contribution >= 0.6 is 50.5 Å². The summed E-state index contributed by atoms with van der Waals surface area (Å²) < 4.78 is 29.1. The van der Waals surface area contributed by atoms with Crippen molar-refractivity contribution in [3.05, 3.63) is 54.1 Å². The van der Waals surface area contributed by atoms with Crippen LogP contribution in [0.1, 0.15) is 17.2 Å². The van der Waals surface area contributed by atoms with Gasteiger partial charge in [-0.3, -0.25) is 0 Å². The van der Waals surface area contributed by atoms with Crippen molar-refractivity contribution in [1.82, 2.24) is 5.32 Å². The van der Waals surface area contributed by atoms with E-state index in [1.54, 1.807) is 13.1 Å². The van der Waals surface area contributed by atoms with Crippen LogP contribution in [-0.4, -0.2) is 7.05 Å². The van der Waals surface area contributed by atoms with Crippen LogP contribution in [0.3, 0.4) is 0 Å². The number of likely N-dealkylation sites (N-methyl/N-ethyl adjacent to an activating group) is 1. The molecular weight excluding hydrogens is 391 g/mol. The maximum Gasteiger partial charge on any atom is 0.143 e. The van der Waals surface area contributed by atoms with Crippen LogP contribution in [-0.2, 0) is 6.42 Å². The summed E-state index contributed by atoms with van der Waals surface area (Å²) in [7, 11) is 1.71.